The molecule has 6 nitrogen and oxygen atoms in total. The Bertz CT molecular complexity index is 609. The molecule has 0 saturated carbocycles. The summed E-state index contributed by atoms with van der Waals surface area (Å²) in [7, 11) is 4.89. The van der Waals surface area contributed by atoms with Crippen molar-refractivity contribution in [2.45, 2.75) is 32.4 Å². The molecule has 3 aliphatic heterocycles. The molecule has 0 N–H and O–H groups in total. The van der Waals surface area contributed by atoms with E-state index in [0.29, 0.717) is 29.2 Å². The summed E-state index contributed by atoms with van der Waals surface area (Å²) in [4.78, 5) is 16.3. The molecule has 1 aromatic rings. The highest BCUT2D eigenvalue weighted by atomic mass is 16.5. The van der Waals surface area contributed by atoms with Gasteiger partial charge >= 0.3 is 0 Å². The lowest BCUT2D eigenvalue weighted by Gasteiger charge is -2.36. The van der Waals surface area contributed by atoms with Crippen LogP contribution < -0.4 is 14.2 Å². The monoisotopic (exact) mass is 348 g/mol. The molecule has 0 spiro atoms. The van der Waals surface area contributed by atoms with Crippen molar-refractivity contribution in [2.75, 3.05) is 41.0 Å². The van der Waals surface area contributed by atoms with Crippen LogP contribution in [0.5, 0.6) is 17.2 Å². The Morgan fingerprint density at radius 1 is 1.04 bits per heavy atom. The van der Waals surface area contributed by atoms with Gasteiger partial charge in [-0.25, -0.2) is 0 Å². The maximum atomic E-state index is 11.8. The minimum Gasteiger partial charge on any atom is -0.493 e. The summed E-state index contributed by atoms with van der Waals surface area (Å²) in [6.07, 6.45) is 2.36. The first-order valence-electron chi connectivity index (χ1n) is 8.84. The zero-order valence-electron chi connectivity index (χ0n) is 15.6. The zero-order valence-corrected chi connectivity index (χ0v) is 15.6. The summed E-state index contributed by atoms with van der Waals surface area (Å²) >= 11 is 0. The minimum absolute atomic E-state index is 0.187. The number of fused-ring (bicyclic) bond motifs is 4. The van der Waals surface area contributed by atoms with E-state index in [1.807, 2.05) is 17.0 Å². The predicted molar refractivity (Wildman–Crippen MR) is 95.3 cm³/mol. The molecule has 0 aromatic heterocycles. The third kappa shape index (κ3) is 3.68. The Labute approximate surface area is 149 Å². The molecule has 3 heterocycles. The highest BCUT2D eigenvalue weighted by Gasteiger charge is 2.35. The van der Waals surface area contributed by atoms with Crippen LogP contribution in [-0.4, -0.2) is 62.7 Å². The predicted octanol–water partition coefficient (Wildman–Crippen LogP) is 2.16. The molecule has 2 bridgehead atoms. The first kappa shape index (κ1) is 17.9. The number of hydrogen-bond acceptors (Lipinski definition) is 5. The van der Waals surface area contributed by atoms with E-state index in [0.717, 1.165) is 38.2 Å². The van der Waals surface area contributed by atoms with Crippen LogP contribution in [0.2, 0.25) is 0 Å². The fourth-order valence-corrected chi connectivity index (χ4v) is 4.09. The molecular weight excluding hydrogens is 320 g/mol. The maximum absolute atomic E-state index is 11.8. The number of carbonyl (C=O) groups excluding carboxylic acids is 1. The summed E-state index contributed by atoms with van der Waals surface area (Å²) in [5.74, 6) is 2.73. The molecule has 3 saturated heterocycles. The lowest BCUT2D eigenvalue weighted by atomic mass is 9.94. The van der Waals surface area contributed by atoms with Crippen LogP contribution in [0.1, 0.15) is 25.3 Å². The number of nitrogens with zero attached hydrogens (tertiary/aromatic N) is 2. The van der Waals surface area contributed by atoms with Gasteiger partial charge in [0.2, 0.25) is 11.7 Å². The smallest absolute Gasteiger partial charge is 0.219 e. The van der Waals surface area contributed by atoms with Gasteiger partial charge in [0.15, 0.2) is 11.5 Å². The van der Waals surface area contributed by atoms with Gasteiger partial charge in [-0.15, -0.1) is 0 Å². The second kappa shape index (κ2) is 7.52. The first-order valence-corrected chi connectivity index (χ1v) is 8.84. The molecule has 2 atom stereocenters. The van der Waals surface area contributed by atoms with E-state index in [1.165, 1.54) is 6.42 Å². The van der Waals surface area contributed by atoms with E-state index in [2.05, 4.69) is 4.90 Å². The standard InChI is InChI=1S/C19H28N2O4/c1-13(22)20-9-14-5-6-16(12-20)21(10-14)11-15-7-17(23-2)19(25-4)18(8-15)24-3/h7-8,14,16H,5-6,9-12H2,1-4H3/t14-,16+/m0/s1. The van der Waals surface area contributed by atoms with Crippen LogP contribution in [0.25, 0.3) is 0 Å². The lowest BCUT2D eigenvalue weighted by Crippen LogP contribution is -2.43. The van der Waals surface area contributed by atoms with E-state index < -0.39 is 0 Å². The molecule has 3 aliphatic rings. The van der Waals surface area contributed by atoms with E-state index in [-0.39, 0.29) is 5.91 Å². The second-order valence-electron chi connectivity index (χ2n) is 6.98. The molecule has 1 aromatic carbocycles. The van der Waals surface area contributed by atoms with E-state index in [1.54, 1.807) is 28.3 Å². The molecule has 138 valence electrons. The van der Waals surface area contributed by atoms with Gasteiger partial charge in [-0.1, -0.05) is 0 Å². The van der Waals surface area contributed by atoms with Crippen molar-refractivity contribution >= 4 is 5.91 Å². The van der Waals surface area contributed by atoms with Crippen molar-refractivity contribution in [1.29, 1.82) is 0 Å². The summed E-state index contributed by atoms with van der Waals surface area (Å²) in [6.45, 7) is 5.25. The lowest BCUT2D eigenvalue weighted by molar-refractivity contribution is -0.129. The number of hydrogen-bond donors (Lipinski definition) is 0. The van der Waals surface area contributed by atoms with Gasteiger partial charge < -0.3 is 19.1 Å². The van der Waals surface area contributed by atoms with Crippen molar-refractivity contribution in [1.82, 2.24) is 9.80 Å². The molecular formula is C19H28N2O4. The third-order valence-electron chi connectivity index (χ3n) is 5.38. The third-order valence-corrected chi connectivity index (χ3v) is 5.38. The molecule has 25 heavy (non-hydrogen) atoms. The van der Waals surface area contributed by atoms with Crippen molar-refractivity contribution < 1.29 is 19.0 Å². The summed E-state index contributed by atoms with van der Waals surface area (Å²) in [5.41, 5.74) is 1.14. The Balaban J connectivity index is 1.81. The van der Waals surface area contributed by atoms with Crippen LogP contribution in [-0.2, 0) is 11.3 Å². The largest absolute Gasteiger partial charge is 0.493 e. The van der Waals surface area contributed by atoms with Crippen LogP contribution in [0.4, 0.5) is 0 Å². The number of methoxy groups -OCH3 is 3. The van der Waals surface area contributed by atoms with Crippen LogP contribution in [0.15, 0.2) is 12.1 Å². The van der Waals surface area contributed by atoms with E-state index >= 15 is 0 Å². The highest BCUT2D eigenvalue weighted by Crippen LogP contribution is 2.39. The number of carbonyl (C=O) groups is 1. The molecule has 0 radical (unpaired) electrons. The van der Waals surface area contributed by atoms with Crippen molar-refractivity contribution in [3.8, 4) is 17.2 Å². The zero-order chi connectivity index (χ0) is 18.0. The van der Waals surface area contributed by atoms with Crippen LogP contribution >= 0.6 is 0 Å². The maximum Gasteiger partial charge on any atom is 0.219 e. The van der Waals surface area contributed by atoms with Crippen molar-refractivity contribution in [2.24, 2.45) is 5.92 Å². The average molecular weight is 348 g/mol. The quantitative estimate of drug-likeness (QED) is 0.816. The molecule has 3 fully saturated rings. The van der Waals surface area contributed by atoms with Gasteiger partial charge in [-0.3, -0.25) is 9.69 Å². The van der Waals surface area contributed by atoms with Crippen LogP contribution in [0, 0.1) is 5.92 Å². The van der Waals surface area contributed by atoms with Crippen molar-refractivity contribution in [3.05, 3.63) is 17.7 Å². The van der Waals surface area contributed by atoms with Gasteiger partial charge in [0, 0.05) is 39.1 Å². The number of rotatable bonds is 5. The minimum atomic E-state index is 0.187. The summed E-state index contributed by atoms with van der Waals surface area (Å²) in [5, 5.41) is 0. The Morgan fingerprint density at radius 3 is 2.28 bits per heavy atom. The average Bonchev–Trinajstić information content (AvgIpc) is 2.93. The molecule has 4 rings (SSSR count). The number of piperidine rings is 1. The molecule has 0 aliphatic carbocycles. The van der Waals surface area contributed by atoms with Gasteiger partial charge in [0.05, 0.1) is 21.3 Å². The topological polar surface area (TPSA) is 51.2 Å². The Hall–Kier alpha value is -1.95. The fourth-order valence-electron chi connectivity index (χ4n) is 4.09. The Morgan fingerprint density at radius 2 is 1.72 bits per heavy atom. The SMILES string of the molecule is COc1cc(CN2C[C@H]3CC[C@@H]2CN(C(C)=O)C3)cc(OC)c1OC. The highest BCUT2D eigenvalue weighted by molar-refractivity contribution is 5.73. The number of amides is 1. The fraction of sp³-hybridized carbons (Fsp3) is 0.632. The molecule has 0 unspecified atom stereocenters. The molecule has 6 heteroatoms. The van der Waals surface area contributed by atoms with Crippen LogP contribution in [0.3, 0.4) is 0 Å². The molecule has 1 amide bonds. The first-order chi connectivity index (χ1) is 12.0. The normalized spacial score (nSPS) is 23.3. The summed E-state index contributed by atoms with van der Waals surface area (Å²) < 4.78 is 16.3. The second-order valence-corrected chi connectivity index (χ2v) is 6.98. The van der Waals surface area contributed by atoms with Gasteiger partial charge in [-0.2, -0.15) is 0 Å². The number of benzene rings is 1. The van der Waals surface area contributed by atoms with E-state index in [4.69, 9.17) is 14.2 Å². The van der Waals surface area contributed by atoms with Gasteiger partial charge in [0.25, 0.3) is 0 Å². The van der Waals surface area contributed by atoms with Gasteiger partial charge in [0.1, 0.15) is 0 Å². The van der Waals surface area contributed by atoms with Crippen molar-refractivity contribution in [3.63, 3.8) is 0 Å². The number of ether oxygens (including phenoxy) is 3. The Kier molecular flexibility index (Phi) is 5.37. The van der Waals surface area contributed by atoms with Gasteiger partial charge in [-0.05, 0) is 36.5 Å². The van der Waals surface area contributed by atoms with E-state index in [9.17, 15) is 4.79 Å². The summed E-state index contributed by atoms with van der Waals surface area (Å²) in [6, 6.07) is 4.45.